The molecule has 2 rings (SSSR count). The van der Waals surface area contributed by atoms with Gasteiger partial charge in [-0.05, 0) is 38.8 Å². The molecule has 0 fully saturated rings. The summed E-state index contributed by atoms with van der Waals surface area (Å²) in [5.74, 6) is -2.49. The van der Waals surface area contributed by atoms with E-state index in [0.717, 1.165) is 0 Å². The Morgan fingerprint density at radius 3 is 1.97 bits per heavy atom. The van der Waals surface area contributed by atoms with Crippen LogP contribution in [0.15, 0.2) is 6.08 Å². The summed E-state index contributed by atoms with van der Waals surface area (Å²) in [6, 6.07) is 0. The van der Waals surface area contributed by atoms with E-state index in [1.807, 2.05) is 0 Å². The number of carboxylic acids is 1. The molecule has 0 aliphatic heterocycles. The van der Waals surface area contributed by atoms with Gasteiger partial charge in [0.15, 0.2) is 23.0 Å². The number of rotatable bonds is 5. The Bertz CT molecular complexity index is 1040. The Balaban J connectivity index is 2.95. The highest BCUT2D eigenvalue weighted by atomic mass is 35.5. The summed E-state index contributed by atoms with van der Waals surface area (Å²) >= 11 is 18.6. The van der Waals surface area contributed by atoms with E-state index >= 15 is 0 Å². The Kier molecular flexibility index (Phi) is 6.83. The third-order valence-electron chi connectivity index (χ3n) is 4.55. The number of aromatic hydroxyl groups is 2. The maximum atomic E-state index is 11.8. The van der Waals surface area contributed by atoms with Gasteiger partial charge in [-0.15, -0.1) is 0 Å². The molecule has 0 saturated carbocycles. The summed E-state index contributed by atoms with van der Waals surface area (Å²) in [5.41, 5.74) is 0.889. The van der Waals surface area contributed by atoms with Gasteiger partial charge >= 0.3 is 5.97 Å². The molecule has 0 atom stereocenters. The molecular weight excluding hydrogens is 443 g/mol. The van der Waals surface area contributed by atoms with Gasteiger partial charge in [-0.3, -0.25) is 0 Å². The van der Waals surface area contributed by atoms with E-state index in [4.69, 9.17) is 44.3 Å². The van der Waals surface area contributed by atoms with Crippen molar-refractivity contribution < 1.29 is 29.6 Å². The van der Waals surface area contributed by atoms with Crippen molar-refractivity contribution in [2.24, 2.45) is 0 Å². The minimum Gasteiger partial charge on any atom is -0.505 e. The van der Waals surface area contributed by atoms with Gasteiger partial charge in [0.25, 0.3) is 0 Å². The molecule has 6 nitrogen and oxygen atoms in total. The number of phenols is 2. The van der Waals surface area contributed by atoms with Gasteiger partial charge in [-0.2, -0.15) is 0 Å². The molecule has 0 unspecified atom stereocenters. The van der Waals surface area contributed by atoms with Crippen LogP contribution in [0.2, 0.25) is 15.1 Å². The van der Waals surface area contributed by atoms with E-state index in [2.05, 4.69) is 0 Å². The van der Waals surface area contributed by atoms with Crippen LogP contribution < -0.4 is 9.47 Å². The van der Waals surface area contributed by atoms with Gasteiger partial charge in [0.1, 0.15) is 16.3 Å². The number of phenolic OH excluding ortho intramolecular Hbond substituents is 2. The monoisotopic (exact) mass is 460 g/mol. The standard InChI is InChI=1S/C20H19Cl3O6/c1-6-7(2)10-13(22)17(28-5)9(4)15(24)19(10)29-18-11(20(26)27)8(3)12(21)16(25)14(18)23/h6,24-25H,1-5H3,(H,26,27)/b7-6+. The minimum atomic E-state index is -1.37. The highest BCUT2D eigenvalue weighted by Crippen LogP contribution is 2.53. The van der Waals surface area contributed by atoms with Gasteiger partial charge in [-0.25, -0.2) is 4.79 Å². The Morgan fingerprint density at radius 2 is 1.48 bits per heavy atom. The number of hydrogen-bond acceptors (Lipinski definition) is 5. The van der Waals surface area contributed by atoms with Gasteiger partial charge in [-0.1, -0.05) is 40.9 Å². The smallest absolute Gasteiger partial charge is 0.339 e. The van der Waals surface area contributed by atoms with Crippen LogP contribution in [0.25, 0.3) is 5.57 Å². The molecule has 2 aromatic rings. The Hall–Kier alpha value is -2.28. The van der Waals surface area contributed by atoms with Crippen LogP contribution in [0.3, 0.4) is 0 Å². The van der Waals surface area contributed by atoms with Crippen LogP contribution in [0, 0.1) is 13.8 Å². The van der Waals surface area contributed by atoms with E-state index in [0.29, 0.717) is 5.57 Å². The number of ether oxygens (including phenoxy) is 2. The van der Waals surface area contributed by atoms with Crippen molar-refractivity contribution in [2.75, 3.05) is 7.11 Å². The molecule has 0 aromatic heterocycles. The first-order chi connectivity index (χ1) is 13.5. The number of benzene rings is 2. The second kappa shape index (κ2) is 8.61. The lowest BCUT2D eigenvalue weighted by Crippen LogP contribution is -2.06. The molecule has 0 bridgehead atoms. The predicted molar refractivity (Wildman–Crippen MR) is 114 cm³/mol. The zero-order valence-electron chi connectivity index (χ0n) is 16.3. The van der Waals surface area contributed by atoms with E-state index in [-0.39, 0.29) is 55.3 Å². The lowest BCUT2D eigenvalue weighted by atomic mass is 10.0. The van der Waals surface area contributed by atoms with Crippen molar-refractivity contribution >= 4 is 46.3 Å². The number of carbonyl (C=O) groups is 1. The molecule has 0 aliphatic rings. The molecule has 0 heterocycles. The highest BCUT2D eigenvalue weighted by Gasteiger charge is 2.30. The van der Waals surface area contributed by atoms with Gasteiger partial charge < -0.3 is 24.8 Å². The summed E-state index contributed by atoms with van der Waals surface area (Å²) in [6.45, 7) is 6.45. The fraction of sp³-hybridized carbons (Fsp3) is 0.250. The van der Waals surface area contributed by atoms with Crippen LogP contribution in [0.4, 0.5) is 0 Å². The molecule has 0 radical (unpaired) electrons. The van der Waals surface area contributed by atoms with Crippen molar-refractivity contribution in [1.82, 2.24) is 0 Å². The van der Waals surface area contributed by atoms with Crippen molar-refractivity contribution in [3.63, 3.8) is 0 Å². The fourth-order valence-corrected chi connectivity index (χ4v) is 3.76. The van der Waals surface area contributed by atoms with Gasteiger partial charge in [0.2, 0.25) is 0 Å². The Labute approximate surface area is 182 Å². The number of allylic oxidation sites excluding steroid dienone is 2. The van der Waals surface area contributed by atoms with Gasteiger partial charge in [0.05, 0.1) is 17.2 Å². The average Bonchev–Trinajstić information content (AvgIpc) is 2.67. The normalized spacial score (nSPS) is 11.5. The molecule has 0 saturated heterocycles. The quantitative estimate of drug-likeness (QED) is 0.464. The van der Waals surface area contributed by atoms with E-state index in [9.17, 15) is 20.1 Å². The van der Waals surface area contributed by atoms with E-state index < -0.39 is 16.7 Å². The average molecular weight is 462 g/mol. The second-order valence-corrected chi connectivity index (χ2v) is 7.34. The number of halogens is 3. The molecule has 0 amide bonds. The number of carboxylic acid groups (broad SMARTS) is 1. The van der Waals surface area contributed by atoms with Gasteiger partial charge in [0, 0.05) is 11.1 Å². The summed E-state index contributed by atoms with van der Waals surface area (Å²) in [5, 5.41) is 30.1. The lowest BCUT2D eigenvalue weighted by Gasteiger charge is -2.22. The topological polar surface area (TPSA) is 96.2 Å². The zero-order valence-corrected chi connectivity index (χ0v) is 18.5. The maximum Gasteiger partial charge on any atom is 0.339 e. The van der Waals surface area contributed by atoms with Crippen LogP contribution in [0.5, 0.6) is 28.7 Å². The first kappa shape index (κ1) is 23.0. The summed E-state index contributed by atoms with van der Waals surface area (Å²) < 4.78 is 11.1. The van der Waals surface area contributed by atoms with Crippen LogP contribution >= 0.6 is 34.8 Å². The Morgan fingerprint density at radius 1 is 0.897 bits per heavy atom. The van der Waals surface area contributed by atoms with Crippen molar-refractivity contribution in [3.8, 4) is 28.7 Å². The molecule has 156 valence electrons. The third-order valence-corrected chi connectivity index (χ3v) is 5.73. The third kappa shape index (κ3) is 3.80. The molecule has 0 aliphatic carbocycles. The first-order valence-corrected chi connectivity index (χ1v) is 9.46. The second-order valence-electron chi connectivity index (χ2n) is 6.21. The predicted octanol–water partition coefficient (Wildman–Crippen LogP) is 6.60. The van der Waals surface area contributed by atoms with Crippen LogP contribution in [-0.4, -0.2) is 28.4 Å². The molecule has 3 N–H and O–H groups in total. The van der Waals surface area contributed by atoms with E-state index in [1.165, 1.54) is 14.0 Å². The number of hydrogen-bond donors (Lipinski definition) is 3. The van der Waals surface area contributed by atoms with Crippen LogP contribution in [-0.2, 0) is 0 Å². The molecule has 0 spiro atoms. The molecule has 9 heteroatoms. The number of aromatic carboxylic acids is 1. The van der Waals surface area contributed by atoms with Crippen molar-refractivity contribution in [2.45, 2.75) is 27.7 Å². The lowest BCUT2D eigenvalue weighted by molar-refractivity contribution is 0.0693. The number of methoxy groups -OCH3 is 1. The van der Waals surface area contributed by atoms with Crippen LogP contribution in [0.1, 0.15) is 40.9 Å². The summed E-state index contributed by atoms with van der Waals surface area (Å²) in [4.78, 5) is 11.8. The van der Waals surface area contributed by atoms with Crippen molar-refractivity contribution in [1.29, 1.82) is 0 Å². The largest absolute Gasteiger partial charge is 0.505 e. The molecular formula is C20H19Cl3O6. The zero-order chi connectivity index (χ0) is 22.2. The maximum absolute atomic E-state index is 11.8. The van der Waals surface area contributed by atoms with E-state index in [1.54, 1.807) is 26.8 Å². The molecule has 29 heavy (non-hydrogen) atoms. The highest BCUT2D eigenvalue weighted by molar-refractivity contribution is 6.39. The van der Waals surface area contributed by atoms with Crippen molar-refractivity contribution in [3.05, 3.63) is 43.4 Å². The summed E-state index contributed by atoms with van der Waals surface area (Å²) in [7, 11) is 1.41. The SMILES string of the molecule is C/C=C(\C)c1c(Cl)c(OC)c(C)c(O)c1Oc1c(Cl)c(O)c(Cl)c(C)c1C(=O)O. The fourth-order valence-electron chi connectivity index (χ4n) is 2.84. The summed E-state index contributed by atoms with van der Waals surface area (Å²) in [6.07, 6.45) is 1.73. The first-order valence-electron chi connectivity index (χ1n) is 8.33. The minimum absolute atomic E-state index is 0.0520. The molecule has 2 aromatic carbocycles.